The molecule has 2 N–H and O–H groups in total. The van der Waals surface area contributed by atoms with Gasteiger partial charge in [-0.2, -0.15) is 0 Å². The van der Waals surface area contributed by atoms with Crippen LogP contribution < -0.4 is 9.80 Å². The van der Waals surface area contributed by atoms with Crippen LogP contribution in [0.15, 0.2) is 170 Å². The van der Waals surface area contributed by atoms with Gasteiger partial charge in [0, 0.05) is 44.9 Å². The quantitative estimate of drug-likeness (QED) is 0.0715. The van der Waals surface area contributed by atoms with Crippen molar-refractivity contribution in [3.05, 3.63) is 270 Å². The van der Waals surface area contributed by atoms with Crippen molar-refractivity contribution in [1.82, 2.24) is 0 Å². The van der Waals surface area contributed by atoms with E-state index in [9.17, 15) is 10.2 Å². The summed E-state index contributed by atoms with van der Waals surface area (Å²) < 4.78 is 0. The van der Waals surface area contributed by atoms with E-state index in [0.29, 0.717) is 59.3 Å². The van der Waals surface area contributed by atoms with Crippen molar-refractivity contribution in [2.24, 2.45) is 11.8 Å². The van der Waals surface area contributed by atoms with Crippen molar-refractivity contribution in [3.8, 4) is 22.3 Å². The van der Waals surface area contributed by atoms with Gasteiger partial charge in [-0.3, -0.25) is 19.2 Å². The van der Waals surface area contributed by atoms with Gasteiger partial charge in [0.15, 0.2) is 0 Å². The first-order chi connectivity index (χ1) is 52.2. The van der Waals surface area contributed by atoms with Gasteiger partial charge >= 0.3 is 0 Å². The fourth-order valence-electron chi connectivity index (χ4n) is 20.4. The number of aliphatic hydroxyl groups excluding tert-OH is 2. The molecule has 0 radical (unpaired) electrons. The number of nitrogens with zero attached hydrogens (tertiary/aromatic N) is 2. The molecule has 4 amide bonds. The zero-order chi connectivity index (χ0) is 73.8. The summed E-state index contributed by atoms with van der Waals surface area (Å²) in [6, 6.07) is 52.9. The second kappa shape index (κ2) is 23.1. The zero-order valence-electron chi connectivity index (χ0n) is 62.3. The molecule has 8 heteroatoms. The van der Waals surface area contributed by atoms with Crippen molar-refractivity contribution < 1.29 is 29.4 Å². The highest BCUT2D eigenvalue weighted by Crippen LogP contribution is 2.64. The van der Waals surface area contributed by atoms with Gasteiger partial charge in [0.2, 0.25) is 0 Å². The molecule has 2 aliphatic heterocycles. The molecule has 108 heavy (non-hydrogen) atoms. The molecule has 0 fully saturated rings. The number of fused-ring (bicyclic) bond motifs is 14. The normalized spacial score (nSPS) is 17.5. The van der Waals surface area contributed by atoms with Gasteiger partial charge in [-0.05, 0) is 309 Å². The average molecular weight is 1410 g/mol. The van der Waals surface area contributed by atoms with Crippen LogP contribution in [-0.2, 0) is 12.8 Å². The molecule has 8 aliphatic rings. The summed E-state index contributed by atoms with van der Waals surface area (Å²) in [4.78, 5) is 64.0. The number of aliphatic hydroxyl groups is 2. The van der Waals surface area contributed by atoms with E-state index in [-0.39, 0.29) is 59.1 Å². The standard InChI is InChI=1S/C100H80N2O6/c1-11-61(103)33-51-35-79(47(3)4)95(80(36-51)48(5)6)101-97(105)75-29-25-67-63-17-21-71-83-43-57-39-53-13-15-55-41-59-45-85-73-23-19-65-69-27-31-77-94-78(100(108)102(99(77)107)96-81(49(7)8)37-52(34-62(104)12-2)38-82(96)50(9)10)32-28-70(90(69)94)66-20-24-74(92(73)88(65)66)86(85)46-60(59)42-56(55)16-14-54(53)40-58(57)44-84(83)72-22-18-64(87(63)91(71)72)68-26-30-76(98(101)106)93(75)89(67)68/h13-32,35-50,61-62,87,91,103-104H,11-12,33-34H2,1-10H3. The summed E-state index contributed by atoms with van der Waals surface area (Å²) >= 11 is 0. The zero-order valence-corrected chi connectivity index (χ0v) is 62.3. The number of benzene rings is 13. The SMILES string of the molecule is CCC(O)Cc1cc(C(C)C)c(N2C(=O)c3ccc4c5c(ccc(c35)C2=O)C2=CC=C3c5cc6cc7c(cc6cc5C5=CC=C4C2C53)C=Cc2cc3cc4c(cc3cc2C=C7)-c2ccc3c5ccc6c7c(ccc(c8ccc-4c2c83)c75)C(=O)N(c2c(C(C)C)cc(CC(O)CC)cc2C(C)C)C6=O)c(C(C)C)c1. The molecule has 2 heterocycles. The Hall–Kier alpha value is -11.4. The fourth-order valence-corrected chi connectivity index (χ4v) is 20.4. The lowest BCUT2D eigenvalue weighted by atomic mass is 9.62. The number of imide groups is 2. The maximum Gasteiger partial charge on any atom is 0.266 e. The summed E-state index contributed by atoms with van der Waals surface area (Å²) in [6.07, 6.45) is 19.8. The molecule has 0 saturated carbocycles. The predicted molar refractivity (Wildman–Crippen MR) is 446 cm³/mol. The van der Waals surface area contributed by atoms with Crippen LogP contribution in [0.5, 0.6) is 0 Å². The molecule has 13 aromatic carbocycles. The summed E-state index contributed by atoms with van der Waals surface area (Å²) in [5.41, 5.74) is 28.5. The van der Waals surface area contributed by atoms with Gasteiger partial charge in [-0.1, -0.05) is 191 Å². The van der Waals surface area contributed by atoms with Gasteiger partial charge in [-0.15, -0.1) is 0 Å². The molecule has 0 spiro atoms. The van der Waals surface area contributed by atoms with E-state index < -0.39 is 12.2 Å². The Morgan fingerprint density at radius 1 is 0.306 bits per heavy atom. The molecular formula is C100H80N2O6. The third-order valence-corrected chi connectivity index (χ3v) is 25.7. The highest BCUT2D eigenvalue weighted by Gasteiger charge is 2.49. The summed E-state index contributed by atoms with van der Waals surface area (Å²) in [6.45, 7) is 20.9. The van der Waals surface area contributed by atoms with E-state index in [2.05, 4.69) is 225 Å². The van der Waals surface area contributed by atoms with Crippen LogP contribution >= 0.6 is 0 Å². The minimum atomic E-state index is -0.479. The Kier molecular flexibility index (Phi) is 13.9. The van der Waals surface area contributed by atoms with E-state index in [0.717, 1.165) is 110 Å². The van der Waals surface area contributed by atoms with E-state index in [4.69, 9.17) is 0 Å². The number of hydrogen-bond donors (Lipinski definition) is 2. The first-order valence-corrected chi connectivity index (χ1v) is 39.0. The topological polar surface area (TPSA) is 115 Å². The number of hydrogen-bond acceptors (Lipinski definition) is 6. The Balaban J connectivity index is 0.606. The predicted octanol–water partition coefficient (Wildman–Crippen LogP) is 23.7. The monoisotopic (exact) mass is 1400 g/mol. The van der Waals surface area contributed by atoms with Crippen LogP contribution in [0, 0.1) is 11.8 Å². The molecule has 8 nitrogen and oxygen atoms in total. The first-order valence-electron chi connectivity index (χ1n) is 39.0. The second-order valence-corrected chi connectivity index (χ2v) is 33.1. The Morgan fingerprint density at radius 3 is 0.880 bits per heavy atom. The highest BCUT2D eigenvalue weighted by atomic mass is 16.3. The largest absolute Gasteiger partial charge is 0.393 e. The maximum atomic E-state index is 15.3. The number of carbonyl (C=O) groups excluding carboxylic acids is 4. The molecule has 526 valence electrons. The van der Waals surface area contributed by atoms with Gasteiger partial charge in [0.05, 0.1) is 23.6 Å². The van der Waals surface area contributed by atoms with Crippen LogP contribution in [0.2, 0.25) is 0 Å². The summed E-state index contributed by atoms with van der Waals surface area (Å²) in [5, 5.41) is 36.3. The molecule has 2 atom stereocenters. The van der Waals surface area contributed by atoms with Crippen LogP contribution in [0.4, 0.5) is 11.4 Å². The molecule has 0 saturated heterocycles. The lowest BCUT2D eigenvalue weighted by molar-refractivity contribution is 0.0877. The van der Waals surface area contributed by atoms with Crippen molar-refractivity contribution >= 4 is 157 Å². The lowest BCUT2D eigenvalue weighted by Crippen LogP contribution is -2.42. The third-order valence-electron chi connectivity index (χ3n) is 25.7. The van der Waals surface area contributed by atoms with Gasteiger partial charge < -0.3 is 10.2 Å². The van der Waals surface area contributed by atoms with Crippen molar-refractivity contribution in [2.75, 3.05) is 9.80 Å². The molecule has 2 unspecified atom stereocenters. The number of rotatable bonds is 12. The number of allylic oxidation sites excluding steroid dienone is 8. The van der Waals surface area contributed by atoms with Crippen molar-refractivity contribution in [2.45, 2.75) is 131 Å². The summed E-state index contributed by atoms with van der Waals surface area (Å²) in [5.74, 6) is -0.966. The van der Waals surface area contributed by atoms with E-state index >= 15 is 19.2 Å². The molecule has 6 aliphatic carbocycles. The van der Waals surface area contributed by atoms with Gasteiger partial charge in [-0.25, -0.2) is 9.80 Å². The van der Waals surface area contributed by atoms with E-state index in [1.807, 2.05) is 38.1 Å². The minimum absolute atomic E-state index is 0.0168. The van der Waals surface area contributed by atoms with Crippen LogP contribution in [0.1, 0.15) is 225 Å². The Morgan fingerprint density at radius 2 is 0.565 bits per heavy atom. The van der Waals surface area contributed by atoms with Gasteiger partial charge in [0.25, 0.3) is 23.6 Å². The Bertz CT molecular complexity index is 6310. The van der Waals surface area contributed by atoms with Crippen LogP contribution in [-0.4, -0.2) is 46.0 Å². The minimum Gasteiger partial charge on any atom is -0.393 e. The molecule has 0 aromatic heterocycles. The van der Waals surface area contributed by atoms with E-state index in [1.54, 1.807) is 0 Å². The molecular weight excluding hydrogens is 1330 g/mol. The average Bonchev–Trinajstić information content (AvgIpc) is 1.33. The second-order valence-electron chi connectivity index (χ2n) is 33.1. The van der Waals surface area contributed by atoms with Crippen LogP contribution in [0.25, 0.3) is 144 Å². The van der Waals surface area contributed by atoms with Crippen molar-refractivity contribution in [1.29, 1.82) is 0 Å². The number of anilines is 2. The van der Waals surface area contributed by atoms with E-state index in [1.165, 1.54) is 97.8 Å². The third kappa shape index (κ3) is 8.81. The maximum absolute atomic E-state index is 15.3. The number of amides is 4. The smallest absolute Gasteiger partial charge is 0.266 e. The Labute approximate surface area is 627 Å². The highest BCUT2D eigenvalue weighted by molar-refractivity contribution is 6.44. The molecule has 0 bridgehead atoms. The fraction of sp³-hybridized carbons (Fsp3) is 0.220. The molecule has 21 rings (SSSR count). The number of carbonyl (C=O) groups is 4. The summed E-state index contributed by atoms with van der Waals surface area (Å²) in [7, 11) is 0. The lowest BCUT2D eigenvalue weighted by Gasteiger charge is -2.41. The van der Waals surface area contributed by atoms with Gasteiger partial charge in [0.1, 0.15) is 0 Å². The van der Waals surface area contributed by atoms with Crippen molar-refractivity contribution in [3.63, 3.8) is 0 Å². The first kappa shape index (κ1) is 64.9. The van der Waals surface area contributed by atoms with Crippen LogP contribution in [0.3, 0.4) is 0 Å². The molecule has 13 aromatic rings.